The van der Waals surface area contributed by atoms with Crippen molar-refractivity contribution in [3.8, 4) is 11.5 Å². The first-order valence-electron chi connectivity index (χ1n) is 8.13. The number of nitrogens with zero attached hydrogens (tertiary/aromatic N) is 7. The lowest BCUT2D eigenvalue weighted by Gasteiger charge is -2.10. The van der Waals surface area contributed by atoms with Crippen molar-refractivity contribution < 1.29 is 4.39 Å². The van der Waals surface area contributed by atoms with Crippen molar-refractivity contribution in [2.75, 3.05) is 0 Å². The topological polar surface area (TPSA) is 73.8 Å². The van der Waals surface area contributed by atoms with E-state index in [1.54, 1.807) is 35.5 Å². The zero-order valence-electron chi connectivity index (χ0n) is 14.3. The maximum absolute atomic E-state index is 14.1. The SMILES string of the molecule is C/C=C\c1c(Cn2ccnc2-c2ncccc2F)ncn2nc(C)nc12. The summed E-state index contributed by atoms with van der Waals surface area (Å²) in [6.45, 7) is 4.18. The smallest absolute Gasteiger partial charge is 0.166 e. The number of halogens is 1. The molecule has 0 radical (unpaired) electrons. The molecule has 0 N–H and O–H groups in total. The lowest BCUT2D eigenvalue weighted by Crippen LogP contribution is -2.08. The summed E-state index contributed by atoms with van der Waals surface area (Å²) in [6.07, 6.45) is 10.5. The van der Waals surface area contributed by atoms with Crippen molar-refractivity contribution in [3.63, 3.8) is 0 Å². The predicted octanol–water partition coefficient (Wildman–Crippen LogP) is 2.91. The molecule has 4 aromatic heterocycles. The van der Waals surface area contributed by atoms with Crippen LogP contribution in [-0.2, 0) is 6.54 Å². The molecule has 0 aliphatic carbocycles. The molecular formula is C18H16FN7. The summed E-state index contributed by atoms with van der Waals surface area (Å²) in [7, 11) is 0. The highest BCUT2D eigenvalue weighted by molar-refractivity contribution is 5.67. The lowest BCUT2D eigenvalue weighted by molar-refractivity contribution is 0.621. The molecule has 4 rings (SSSR count). The van der Waals surface area contributed by atoms with E-state index in [1.807, 2.05) is 30.6 Å². The molecule has 4 aromatic rings. The first-order chi connectivity index (χ1) is 12.7. The van der Waals surface area contributed by atoms with E-state index in [2.05, 4.69) is 25.0 Å². The van der Waals surface area contributed by atoms with Gasteiger partial charge in [0.25, 0.3) is 0 Å². The highest BCUT2D eigenvalue weighted by atomic mass is 19.1. The molecular weight excluding hydrogens is 333 g/mol. The molecule has 0 saturated heterocycles. The highest BCUT2D eigenvalue weighted by Gasteiger charge is 2.16. The van der Waals surface area contributed by atoms with E-state index in [4.69, 9.17) is 0 Å². The number of fused-ring (bicyclic) bond motifs is 1. The fourth-order valence-electron chi connectivity index (χ4n) is 2.85. The van der Waals surface area contributed by atoms with E-state index < -0.39 is 5.82 Å². The van der Waals surface area contributed by atoms with Crippen LogP contribution in [0.15, 0.2) is 43.1 Å². The molecule has 130 valence electrons. The molecule has 0 spiro atoms. The number of aryl methyl sites for hydroxylation is 1. The van der Waals surface area contributed by atoms with Crippen LogP contribution in [0.3, 0.4) is 0 Å². The van der Waals surface area contributed by atoms with Crippen molar-refractivity contribution in [1.29, 1.82) is 0 Å². The minimum absolute atomic E-state index is 0.212. The summed E-state index contributed by atoms with van der Waals surface area (Å²) < 4.78 is 17.6. The molecule has 0 bridgehead atoms. The first kappa shape index (κ1) is 16.1. The number of imidazole rings is 1. The molecule has 0 aliphatic heterocycles. The number of hydrogen-bond donors (Lipinski definition) is 0. The standard InChI is InChI=1S/C18H16FN7/c1-3-5-13-15(22-11-26-17(13)23-12(2)24-26)10-25-9-8-21-18(25)16-14(19)6-4-7-20-16/h3-9,11H,10H2,1-2H3/b5-3-. The van der Waals surface area contributed by atoms with Crippen LogP contribution in [0.25, 0.3) is 23.2 Å². The summed E-state index contributed by atoms with van der Waals surface area (Å²) in [5, 5.41) is 4.30. The van der Waals surface area contributed by atoms with Crippen LogP contribution in [0.5, 0.6) is 0 Å². The fourth-order valence-corrected chi connectivity index (χ4v) is 2.85. The molecule has 7 nitrogen and oxygen atoms in total. The Hall–Kier alpha value is -3.42. The van der Waals surface area contributed by atoms with Crippen molar-refractivity contribution in [1.82, 2.24) is 34.1 Å². The van der Waals surface area contributed by atoms with Crippen LogP contribution in [0.2, 0.25) is 0 Å². The Morgan fingerprint density at radius 2 is 2.08 bits per heavy atom. The lowest BCUT2D eigenvalue weighted by atomic mass is 10.2. The summed E-state index contributed by atoms with van der Waals surface area (Å²) in [5.41, 5.74) is 2.61. The Balaban J connectivity index is 1.81. The van der Waals surface area contributed by atoms with Gasteiger partial charge in [0.1, 0.15) is 17.8 Å². The molecule has 0 amide bonds. The maximum Gasteiger partial charge on any atom is 0.166 e. The number of hydrogen-bond acceptors (Lipinski definition) is 5. The quantitative estimate of drug-likeness (QED) is 0.566. The van der Waals surface area contributed by atoms with Gasteiger partial charge in [0.2, 0.25) is 0 Å². The van der Waals surface area contributed by atoms with Gasteiger partial charge in [-0.15, -0.1) is 0 Å². The number of aromatic nitrogens is 7. The third-order valence-corrected chi connectivity index (χ3v) is 3.95. The second kappa shape index (κ2) is 6.47. The van der Waals surface area contributed by atoms with Crippen LogP contribution in [0.4, 0.5) is 4.39 Å². The molecule has 0 aromatic carbocycles. The Morgan fingerprint density at radius 1 is 1.19 bits per heavy atom. The van der Waals surface area contributed by atoms with Gasteiger partial charge in [-0.3, -0.25) is 0 Å². The molecule has 0 fully saturated rings. The highest BCUT2D eigenvalue weighted by Crippen LogP contribution is 2.21. The Kier molecular flexibility index (Phi) is 4.00. The van der Waals surface area contributed by atoms with Crippen molar-refractivity contribution in [2.24, 2.45) is 0 Å². The summed E-state index contributed by atoms with van der Waals surface area (Å²) in [6, 6.07) is 2.93. The summed E-state index contributed by atoms with van der Waals surface area (Å²) >= 11 is 0. The largest absolute Gasteiger partial charge is 0.324 e. The Labute approximate surface area is 148 Å². The average molecular weight is 349 g/mol. The van der Waals surface area contributed by atoms with Crippen molar-refractivity contribution in [2.45, 2.75) is 20.4 Å². The summed E-state index contributed by atoms with van der Waals surface area (Å²) in [4.78, 5) is 17.4. The normalized spacial score (nSPS) is 11.7. The van der Waals surface area contributed by atoms with Crippen molar-refractivity contribution >= 4 is 11.7 Å². The van der Waals surface area contributed by atoms with E-state index >= 15 is 0 Å². The van der Waals surface area contributed by atoms with Crippen LogP contribution in [-0.4, -0.2) is 34.1 Å². The van der Waals surface area contributed by atoms with E-state index in [0.717, 1.165) is 16.9 Å². The fraction of sp³-hybridized carbons (Fsp3) is 0.167. The minimum atomic E-state index is -0.412. The molecule has 4 heterocycles. The molecule has 26 heavy (non-hydrogen) atoms. The second-order valence-electron chi connectivity index (χ2n) is 5.74. The monoisotopic (exact) mass is 349 g/mol. The minimum Gasteiger partial charge on any atom is -0.324 e. The molecule has 0 atom stereocenters. The predicted molar refractivity (Wildman–Crippen MR) is 94.7 cm³/mol. The molecule has 8 heteroatoms. The van der Waals surface area contributed by atoms with Crippen LogP contribution < -0.4 is 0 Å². The number of allylic oxidation sites excluding steroid dienone is 1. The maximum atomic E-state index is 14.1. The zero-order valence-corrected chi connectivity index (χ0v) is 14.3. The average Bonchev–Trinajstić information content (AvgIpc) is 3.23. The van der Waals surface area contributed by atoms with Gasteiger partial charge >= 0.3 is 0 Å². The Morgan fingerprint density at radius 3 is 2.88 bits per heavy atom. The second-order valence-corrected chi connectivity index (χ2v) is 5.74. The number of pyridine rings is 1. The van der Waals surface area contributed by atoms with Gasteiger partial charge in [-0.05, 0) is 26.0 Å². The van der Waals surface area contributed by atoms with Crippen molar-refractivity contribution in [3.05, 3.63) is 66.0 Å². The van der Waals surface area contributed by atoms with E-state index in [0.29, 0.717) is 18.2 Å². The summed E-state index contributed by atoms with van der Waals surface area (Å²) in [5.74, 6) is 0.715. The van der Waals surface area contributed by atoms with Gasteiger partial charge in [0.05, 0.1) is 12.2 Å². The van der Waals surface area contributed by atoms with Gasteiger partial charge in [-0.1, -0.05) is 12.2 Å². The van der Waals surface area contributed by atoms with Gasteiger partial charge in [-0.2, -0.15) is 5.10 Å². The van der Waals surface area contributed by atoms with E-state index in [9.17, 15) is 4.39 Å². The third-order valence-electron chi connectivity index (χ3n) is 3.95. The van der Waals surface area contributed by atoms with Crippen LogP contribution in [0, 0.1) is 12.7 Å². The first-order valence-corrected chi connectivity index (χ1v) is 8.13. The molecule has 0 unspecified atom stereocenters. The van der Waals surface area contributed by atoms with Crippen LogP contribution >= 0.6 is 0 Å². The number of rotatable bonds is 4. The van der Waals surface area contributed by atoms with E-state index in [-0.39, 0.29) is 5.69 Å². The van der Waals surface area contributed by atoms with Gasteiger partial charge < -0.3 is 4.57 Å². The molecule has 0 saturated carbocycles. The molecule has 0 aliphatic rings. The van der Waals surface area contributed by atoms with Crippen LogP contribution in [0.1, 0.15) is 24.0 Å². The Bertz CT molecular complexity index is 1110. The van der Waals surface area contributed by atoms with Gasteiger partial charge in [-0.25, -0.2) is 28.8 Å². The van der Waals surface area contributed by atoms with Gasteiger partial charge in [0, 0.05) is 24.2 Å². The zero-order chi connectivity index (χ0) is 18.1. The van der Waals surface area contributed by atoms with Gasteiger partial charge in [0.15, 0.2) is 17.3 Å². The third kappa shape index (κ3) is 2.75. The van der Waals surface area contributed by atoms with E-state index in [1.165, 1.54) is 6.07 Å².